The smallest absolute Gasteiger partial charge is 0.267 e. The van der Waals surface area contributed by atoms with Crippen LogP contribution in [0.4, 0.5) is 5.69 Å². The van der Waals surface area contributed by atoms with Crippen LogP contribution in [0.1, 0.15) is 21.5 Å². The predicted octanol–water partition coefficient (Wildman–Crippen LogP) is 4.08. The van der Waals surface area contributed by atoms with Gasteiger partial charge in [0.05, 0.1) is 11.1 Å². The van der Waals surface area contributed by atoms with Crippen molar-refractivity contribution < 1.29 is 9.72 Å². The van der Waals surface area contributed by atoms with Gasteiger partial charge in [0.25, 0.3) is 11.6 Å². The third-order valence-electron chi connectivity index (χ3n) is 2.99. The number of amides is 1. The zero-order chi connectivity index (χ0) is 17.0. The van der Waals surface area contributed by atoms with Gasteiger partial charge < -0.3 is 0 Å². The minimum absolute atomic E-state index is 0.107. The van der Waals surface area contributed by atoms with Crippen LogP contribution in [0.3, 0.4) is 0 Å². The number of nitrogens with zero attached hydrogens (tertiary/aromatic N) is 2. The van der Waals surface area contributed by atoms with E-state index in [9.17, 15) is 14.9 Å². The second-order valence-electron chi connectivity index (χ2n) is 4.63. The molecule has 0 aromatic heterocycles. The van der Waals surface area contributed by atoms with Crippen LogP contribution in [0, 0.1) is 17.0 Å². The van der Waals surface area contributed by atoms with Gasteiger partial charge in [0.15, 0.2) is 0 Å². The Kier molecular flexibility index (Phi) is 5.46. The molecule has 0 aliphatic heterocycles. The average Bonchev–Trinajstić information content (AvgIpc) is 2.51. The predicted molar refractivity (Wildman–Crippen MR) is 92.0 cm³/mol. The van der Waals surface area contributed by atoms with Crippen molar-refractivity contribution in [2.45, 2.75) is 6.92 Å². The number of hydrogen-bond donors (Lipinski definition) is 1. The molecule has 0 aliphatic carbocycles. The quantitative estimate of drug-likeness (QED) is 0.480. The Bertz CT molecular complexity index is 809. The molecule has 0 aliphatic rings. The Hall–Kier alpha value is -2.25. The highest BCUT2D eigenvalue weighted by molar-refractivity contribution is 9.10. The van der Waals surface area contributed by atoms with E-state index in [1.807, 2.05) is 6.92 Å². The van der Waals surface area contributed by atoms with Crippen LogP contribution in [0.2, 0.25) is 5.02 Å². The second-order valence-corrected chi connectivity index (χ2v) is 5.89. The topological polar surface area (TPSA) is 84.6 Å². The number of nitrogens with one attached hydrogen (secondary N) is 1. The molecular weight excluding hydrogens is 386 g/mol. The molecular formula is C15H11BrClN3O3. The van der Waals surface area contributed by atoms with Gasteiger partial charge in [-0.25, -0.2) is 5.43 Å². The van der Waals surface area contributed by atoms with Gasteiger partial charge in [0.1, 0.15) is 0 Å². The van der Waals surface area contributed by atoms with E-state index >= 15 is 0 Å². The van der Waals surface area contributed by atoms with E-state index in [0.29, 0.717) is 16.1 Å². The minimum atomic E-state index is -0.532. The minimum Gasteiger partial charge on any atom is -0.267 e. The maximum Gasteiger partial charge on any atom is 0.271 e. The molecule has 2 rings (SSSR count). The molecule has 0 heterocycles. The summed E-state index contributed by atoms with van der Waals surface area (Å²) in [6.45, 7) is 1.91. The lowest BCUT2D eigenvalue weighted by Gasteiger charge is -2.03. The van der Waals surface area contributed by atoms with E-state index in [-0.39, 0.29) is 5.69 Å². The van der Waals surface area contributed by atoms with E-state index in [1.165, 1.54) is 24.4 Å². The summed E-state index contributed by atoms with van der Waals surface area (Å²) in [4.78, 5) is 22.2. The summed E-state index contributed by atoms with van der Waals surface area (Å²) in [6.07, 6.45) is 1.26. The number of carbonyl (C=O) groups is 1. The number of hydrogen-bond acceptors (Lipinski definition) is 4. The molecule has 8 heteroatoms. The second kappa shape index (κ2) is 7.34. The van der Waals surface area contributed by atoms with Gasteiger partial charge in [-0.3, -0.25) is 14.9 Å². The fourth-order valence-electron chi connectivity index (χ4n) is 1.70. The third kappa shape index (κ3) is 4.37. The zero-order valence-corrected chi connectivity index (χ0v) is 14.3. The lowest BCUT2D eigenvalue weighted by molar-refractivity contribution is -0.384. The number of halogens is 2. The van der Waals surface area contributed by atoms with Crippen LogP contribution >= 0.6 is 27.5 Å². The lowest BCUT2D eigenvalue weighted by Crippen LogP contribution is -2.17. The summed E-state index contributed by atoms with van der Waals surface area (Å²) in [5, 5.41) is 14.8. The largest absolute Gasteiger partial charge is 0.271 e. The van der Waals surface area contributed by atoms with Gasteiger partial charge in [0, 0.05) is 32.8 Å². The Morgan fingerprint density at radius 3 is 2.74 bits per heavy atom. The number of non-ortho nitro benzene ring substituents is 1. The summed E-state index contributed by atoms with van der Waals surface area (Å²) in [7, 11) is 0. The van der Waals surface area contributed by atoms with Crippen LogP contribution < -0.4 is 5.43 Å². The van der Waals surface area contributed by atoms with Gasteiger partial charge in [-0.15, -0.1) is 0 Å². The van der Waals surface area contributed by atoms with Crippen molar-refractivity contribution in [3.8, 4) is 0 Å². The molecule has 118 valence electrons. The first kappa shape index (κ1) is 17.1. The fourth-order valence-corrected chi connectivity index (χ4v) is 2.25. The van der Waals surface area contributed by atoms with Crippen LogP contribution in [-0.4, -0.2) is 17.0 Å². The SMILES string of the molecule is Cc1ccc(C(=O)N/N=C/c2cc([N+](=O)[O-])ccc2Cl)cc1Br. The third-order valence-corrected chi connectivity index (χ3v) is 4.19. The molecule has 0 saturated carbocycles. The Morgan fingerprint density at radius 1 is 1.35 bits per heavy atom. The normalized spacial score (nSPS) is 10.7. The average molecular weight is 397 g/mol. The molecule has 0 fully saturated rings. The van der Waals surface area contributed by atoms with Gasteiger partial charge in [0.2, 0.25) is 0 Å². The molecule has 2 aromatic rings. The van der Waals surface area contributed by atoms with Crippen molar-refractivity contribution >= 4 is 45.3 Å². The van der Waals surface area contributed by atoms with Crippen molar-refractivity contribution in [3.63, 3.8) is 0 Å². The van der Waals surface area contributed by atoms with E-state index in [4.69, 9.17) is 11.6 Å². The molecule has 0 bridgehead atoms. The number of nitro groups is 1. The number of nitro benzene ring substituents is 1. The highest BCUT2D eigenvalue weighted by Crippen LogP contribution is 2.20. The molecule has 23 heavy (non-hydrogen) atoms. The van der Waals surface area contributed by atoms with Gasteiger partial charge in [-0.2, -0.15) is 5.10 Å². The molecule has 0 radical (unpaired) electrons. The molecule has 0 atom stereocenters. The summed E-state index contributed by atoms with van der Waals surface area (Å²) < 4.78 is 0.816. The van der Waals surface area contributed by atoms with Gasteiger partial charge >= 0.3 is 0 Å². The summed E-state index contributed by atoms with van der Waals surface area (Å²) in [5.41, 5.74) is 4.03. The van der Waals surface area contributed by atoms with Crippen LogP contribution in [0.25, 0.3) is 0 Å². The monoisotopic (exact) mass is 395 g/mol. The molecule has 0 saturated heterocycles. The first-order chi connectivity index (χ1) is 10.9. The molecule has 2 aromatic carbocycles. The van der Waals surface area contributed by atoms with Crippen molar-refractivity contribution in [2.75, 3.05) is 0 Å². The number of benzene rings is 2. The van der Waals surface area contributed by atoms with Crippen LogP contribution in [-0.2, 0) is 0 Å². The number of rotatable bonds is 4. The molecule has 1 amide bonds. The van der Waals surface area contributed by atoms with E-state index in [2.05, 4.69) is 26.5 Å². The Labute approximate surface area is 145 Å². The van der Waals surface area contributed by atoms with Crippen molar-refractivity contribution in [1.29, 1.82) is 0 Å². The first-order valence-electron chi connectivity index (χ1n) is 6.42. The van der Waals surface area contributed by atoms with E-state index in [0.717, 1.165) is 10.0 Å². The summed E-state index contributed by atoms with van der Waals surface area (Å²) >= 11 is 9.29. The Balaban J connectivity index is 2.12. The number of carbonyl (C=O) groups excluding carboxylic acids is 1. The summed E-state index contributed by atoms with van der Waals surface area (Å²) in [6, 6.07) is 9.13. The zero-order valence-electron chi connectivity index (χ0n) is 11.9. The number of hydrazone groups is 1. The van der Waals surface area contributed by atoms with Gasteiger partial charge in [-0.1, -0.05) is 33.6 Å². The van der Waals surface area contributed by atoms with Crippen molar-refractivity contribution in [3.05, 3.63) is 72.7 Å². The van der Waals surface area contributed by atoms with Crippen molar-refractivity contribution in [2.24, 2.45) is 5.10 Å². The maximum absolute atomic E-state index is 12.0. The highest BCUT2D eigenvalue weighted by atomic mass is 79.9. The Morgan fingerprint density at radius 2 is 2.09 bits per heavy atom. The first-order valence-corrected chi connectivity index (χ1v) is 7.59. The molecule has 1 N–H and O–H groups in total. The van der Waals surface area contributed by atoms with E-state index < -0.39 is 10.8 Å². The fraction of sp³-hybridized carbons (Fsp3) is 0.0667. The maximum atomic E-state index is 12.0. The van der Waals surface area contributed by atoms with Crippen LogP contribution in [0.15, 0.2) is 46.0 Å². The lowest BCUT2D eigenvalue weighted by atomic mass is 10.1. The molecule has 6 nitrogen and oxygen atoms in total. The van der Waals surface area contributed by atoms with E-state index in [1.54, 1.807) is 18.2 Å². The standard InChI is InChI=1S/C15H11BrClN3O3/c1-9-2-3-10(7-13(9)16)15(21)19-18-8-11-6-12(20(22)23)4-5-14(11)17/h2-8H,1H3,(H,19,21)/b18-8+. The number of aryl methyl sites for hydroxylation is 1. The van der Waals surface area contributed by atoms with Crippen molar-refractivity contribution in [1.82, 2.24) is 5.43 Å². The molecule has 0 spiro atoms. The highest BCUT2D eigenvalue weighted by Gasteiger charge is 2.09. The summed E-state index contributed by atoms with van der Waals surface area (Å²) in [5.74, 6) is -0.400. The molecule has 0 unspecified atom stereocenters. The van der Waals surface area contributed by atoms with Gasteiger partial charge in [-0.05, 0) is 30.7 Å². The van der Waals surface area contributed by atoms with Crippen LogP contribution in [0.5, 0.6) is 0 Å².